The Balaban J connectivity index is 1.23. The average Bonchev–Trinajstić information content (AvgIpc) is 3.62. The van der Waals surface area contributed by atoms with Crippen molar-refractivity contribution in [3.8, 4) is 23.0 Å². The minimum atomic E-state index is -0.0938. The Bertz CT molecular complexity index is 1400. The summed E-state index contributed by atoms with van der Waals surface area (Å²) in [5.74, 6) is 2.04. The molecule has 0 aliphatic heterocycles. The Labute approximate surface area is 193 Å². The summed E-state index contributed by atoms with van der Waals surface area (Å²) in [6, 6.07) is 11.5. The highest BCUT2D eigenvalue weighted by Crippen LogP contribution is 2.43. The third kappa shape index (κ3) is 3.84. The molecule has 33 heavy (non-hydrogen) atoms. The zero-order valence-corrected chi connectivity index (χ0v) is 18.6. The second kappa shape index (κ2) is 8.32. The molecule has 5 aromatic rings. The molecule has 0 unspecified atom stereocenters. The number of amides is 1. The van der Waals surface area contributed by atoms with Gasteiger partial charge >= 0.3 is 0 Å². The third-order valence-electron chi connectivity index (χ3n) is 5.83. The number of nitrogens with one attached hydrogen (secondary N) is 2. The van der Waals surface area contributed by atoms with Crippen molar-refractivity contribution >= 4 is 33.3 Å². The van der Waals surface area contributed by atoms with Crippen molar-refractivity contribution in [3.05, 3.63) is 59.0 Å². The number of imidazole rings is 1. The van der Waals surface area contributed by atoms with Crippen LogP contribution in [-0.2, 0) is 24.1 Å². The van der Waals surface area contributed by atoms with Gasteiger partial charge in [0, 0.05) is 17.7 Å². The molecule has 0 radical (unpaired) electrons. The van der Waals surface area contributed by atoms with Gasteiger partial charge in [0.15, 0.2) is 5.76 Å². The Morgan fingerprint density at radius 2 is 2.03 bits per heavy atom. The summed E-state index contributed by atoms with van der Waals surface area (Å²) < 4.78 is 10.6. The predicted octanol–water partition coefficient (Wildman–Crippen LogP) is 5.38. The lowest BCUT2D eigenvalue weighted by molar-refractivity contribution is -0.116. The minimum Gasteiger partial charge on any atom is -0.461 e. The lowest BCUT2D eigenvalue weighted by Crippen LogP contribution is -2.12. The molecule has 0 atom stereocenters. The van der Waals surface area contributed by atoms with Crippen LogP contribution >= 0.6 is 11.3 Å². The number of aromatic amines is 1. The maximum Gasteiger partial charge on any atom is 0.238 e. The van der Waals surface area contributed by atoms with E-state index >= 15 is 0 Å². The minimum absolute atomic E-state index is 0.0938. The van der Waals surface area contributed by atoms with Crippen molar-refractivity contribution in [1.82, 2.24) is 20.1 Å². The first-order valence-corrected chi connectivity index (χ1v) is 11.8. The zero-order chi connectivity index (χ0) is 22.2. The largest absolute Gasteiger partial charge is 0.461 e. The molecule has 4 aromatic heterocycles. The van der Waals surface area contributed by atoms with Gasteiger partial charge in [0.1, 0.15) is 10.8 Å². The summed E-state index contributed by atoms with van der Waals surface area (Å²) in [6.07, 6.45) is 6.52. The highest BCUT2D eigenvalue weighted by atomic mass is 32.1. The number of rotatable bonds is 6. The number of furan rings is 1. The Morgan fingerprint density at radius 3 is 2.91 bits per heavy atom. The number of carbonyl (C=O) groups excluding carboxylic acids is 1. The number of nitrogens with zero attached hydrogens (tertiary/aromatic N) is 3. The predicted molar refractivity (Wildman–Crippen MR) is 125 cm³/mol. The molecule has 0 spiro atoms. The van der Waals surface area contributed by atoms with Crippen LogP contribution in [0.2, 0.25) is 0 Å². The van der Waals surface area contributed by atoms with E-state index in [1.54, 1.807) is 29.7 Å². The van der Waals surface area contributed by atoms with Gasteiger partial charge in [-0.2, -0.15) is 4.98 Å². The van der Waals surface area contributed by atoms with Gasteiger partial charge < -0.3 is 19.2 Å². The lowest BCUT2D eigenvalue weighted by atomic mass is 9.95. The Kier molecular flexibility index (Phi) is 5.03. The smallest absolute Gasteiger partial charge is 0.238 e. The molecule has 2 N–H and O–H groups in total. The standard InChI is InChI=1S/C24H21N5O3S/c30-19(11-12-20-28-22(29-32-20)17-9-5-13-31-17)27-24-21(14-6-1-4-10-18(14)33-24)23-25-15-7-2-3-8-16(15)26-23/h2-3,5,7-9,13H,1,4,6,10-12H2,(H,25,26)(H,27,30). The number of hydrogen-bond donors (Lipinski definition) is 2. The van der Waals surface area contributed by atoms with Crippen LogP contribution in [0.1, 0.15) is 35.6 Å². The summed E-state index contributed by atoms with van der Waals surface area (Å²) in [4.78, 5) is 26.7. The van der Waals surface area contributed by atoms with Crippen molar-refractivity contribution < 1.29 is 13.7 Å². The maximum absolute atomic E-state index is 12.8. The van der Waals surface area contributed by atoms with E-state index in [1.807, 2.05) is 24.3 Å². The Morgan fingerprint density at radius 1 is 1.12 bits per heavy atom. The van der Waals surface area contributed by atoms with Crippen molar-refractivity contribution in [3.63, 3.8) is 0 Å². The highest BCUT2D eigenvalue weighted by molar-refractivity contribution is 7.17. The van der Waals surface area contributed by atoms with E-state index in [-0.39, 0.29) is 12.3 Å². The van der Waals surface area contributed by atoms with E-state index in [1.165, 1.54) is 16.9 Å². The van der Waals surface area contributed by atoms with Gasteiger partial charge in [-0.25, -0.2) is 4.98 Å². The molecule has 8 nitrogen and oxygen atoms in total. The van der Waals surface area contributed by atoms with E-state index in [0.717, 1.165) is 46.7 Å². The molecule has 0 bridgehead atoms. The van der Waals surface area contributed by atoms with Crippen LogP contribution in [0.4, 0.5) is 5.00 Å². The number of H-pyrrole nitrogens is 1. The van der Waals surface area contributed by atoms with Crippen LogP contribution in [0, 0.1) is 0 Å². The summed E-state index contributed by atoms with van der Waals surface area (Å²) in [5.41, 5.74) is 4.24. The molecule has 166 valence electrons. The molecule has 6 rings (SSSR count). The molecular formula is C24H21N5O3S. The lowest BCUT2D eigenvalue weighted by Gasteiger charge is -2.12. The molecule has 9 heteroatoms. The monoisotopic (exact) mass is 459 g/mol. The Hall–Kier alpha value is -3.72. The zero-order valence-electron chi connectivity index (χ0n) is 17.8. The normalized spacial score (nSPS) is 13.3. The second-order valence-corrected chi connectivity index (χ2v) is 9.16. The fraction of sp³-hybridized carbons (Fsp3) is 0.250. The van der Waals surface area contributed by atoms with Crippen LogP contribution in [0.3, 0.4) is 0 Å². The number of aryl methyl sites for hydroxylation is 2. The molecule has 1 amide bonds. The first-order chi connectivity index (χ1) is 16.2. The molecule has 0 saturated carbocycles. The van der Waals surface area contributed by atoms with Crippen LogP contribution in [0.15, 0.2) is 51.6 Å². The molecule has 0 saturated heterocycles. The van der Waals surface area contributed by atoms with Crippen LogP contribution in [-0.4, -0.2) is 26.0 Å². The van der Waals surface area contributed by atoms with Crippen molar-refractivity contribution in [2.45, 2.75) is 38.5 Å². The third-order valence-corrected chi connectivity index (χ3v) is 7.03. The van der Waals surface area contributed by atoms with Gasteiger partial charge in [-0.15, -0.1) is 11.3 Å². The van der Waals surface area contributed by atoms with Gasteiger partial charge in [0.2, 0.25) is 17.6 Å². The van der Waals surface area contributed by atoms with E-state index < -0.39 is 0 Å². The number of benzene rings is 1. The topological polar surface area (TPSA) is 110 Å². The summed E-state index contributed by atoms with van der Waals surface area (Å²) in [7, 11) is 0. The summed E-state index contributed by atoms with van der Waals surface area (Å²) in [6.45, 7) is 0. The van der Waals surface area contributed by atoms with Crippen LogP contribution < -0.4 is 5.32 Å². The number of anilines is 1. The number of thiophene rings is 1. The van der Waals surface area contributed by atoms with E-state index in [4.69, 9.17) is 13.9 Å². The SMILES string of the molecule is O=C(CCc1nc(-c2ccco2)no1)Nc1sc2c(c1-c1nc3ccccc3[nH]1)CCCC2. The van der Waals surface area contributed by atoms with Crippen molar-refractivity contribution in [1.29, 1.82) is 0 Å². The second-order valence-electron chi connectivity index (χ2n) is 8.05. The maximum atomic E-state index is 12.8. The van der Waals surface area contributed by atoms with Gasteiger partial charge in [0.05, 0.1) is 22.9 Å². The molecule has 4 heterocycles. The number of fused-ring (bicyclic) bond motifs is 2. The summed E-state index contributed by atoms with van der Waals surface area (Å²) >= 11 is 1.66. The fourth-order valence-electron chi connectivity index (χ4n) is 4.25. The molecule has 1 aliphatic rings. The molecule has 1 aromatic carbocycles. The van der Waals surface area contributed by atoms with Gasteiger partial charge in [-0.3, -0.25) is 4.79 Å². The van der Waals surface area contributed by atoms with Crippen LogP contribution in [0.25, 0.3) is 34.0 Å². The summed E-state index contributed by atoms with van der Waals surface area (Å²) in [5, 5.41) is 7.90. The highest BCUT2D eigenvalue weighted by Gasteiger charge is 2.25. The van der Waals surface area contributed by atoms with Gasteiger partial charge in [0.25, 0.3) is 0 Å². The van der Waals surface area contributed by atoms with E-state index in [2.05, 4.69) is 20.4 Å². The molecule has 1 aliphatic carbocycles. The number of carbonyl (C=O) groups is 1. The average molecular weight is 460 g/mol. The van der Waals surface area contributed by atoms with Crippen LogP contribution in [0.5, 0.6) is 0 Å². The first kappa shape index (κ1) is 19.9. The first-order valence-electron chi connectivity index (χ1n) is 11.0. The van der Waals surface area contributed by atoms with E-state index in [0.29, 0.717) is 23.9 Å². The molecule has 0 fully saturated rings. The molecular weight excluding hydrogens is 438 g/mol. The fourth-order valence-corrected chi connectivity index (χ4v) is 5.55. The van der Waals surface area contributed by atoms with Crippen molar-refractivity contribution in [2.75, 3.05) is 5.32 Å². The number of aromatic nitrogens is 4. The quantitative estimate of drug-likeness (QED) is 0.353. The van der Waals surface area contributed by atoms with E-state index in [9.17, 15) is 4.79 Å². The number of para-hydroxylation sites is 2. The number of hydrogen-bond acceptors (Lipinski definition) is 7. The van der Waals surface area contributed by atoms with Gasteiger partial charge in [-0.05, 0) is 55.5 Å². The van der Waals surface area contributed by atoms with Crippen molar-refractivity contribution in [2.24, 2.45) is 0 Å². The van der Waals surface area contributed by atoms with Gasteiger partial charge in [-0.1, -0.05) is 17.3 Å².